The predicted octanol–water partition coefficient (Wildman–Crippen LogP) is 2.97. The fraction of sp³-hybridized carbons (Fsp3) is 0.214. The topological polar surface area (TPSA) is 105 Å². The molecule has 1 heterocycles. The molecule has 0 bridgehead atoms. The van der Waals surface area contributed by atoms with Gasteiger partial charge in [-0.1, -0.05) is 22.9 Å². The third-order valence-corrected chi connectivity index (χ3v) is 4.31. The van der Waals surface area contributed by atoms with Crippen molar-refractivity contribution >= 4 is 45.6 Å². The summed E-state index contributed by atoms with van der Waals surface area (Å²) in [5.41, 5.74) is -0.0785. The molecule has 0 unspecified atom stereocenters. The highest BCUT2D eigenvalue weighted by Gasteiger charge is 2.23. The van der Waals surface area contributed by atoms with Gasteiger partial charge in [-0.25, -0.2) is 4.98 Å². The standard InChI is InChI=1S/C14H13ClN4O4S/c1-7-11(13(21)18(2)3)24-14(16-7)17-12(20)9-6-8(15)4-5-10(9)19(22)23/h4-6H,1-3H3,(H,16,17,20). The number of benzene rings is 1. The van der Waals surface area contributed by atoms with Crippen molar-refractivity contribution in [3.63, 3.8) is 0 Å². The minimum atomic E-state index is -0.721. The SMILES string of the molecule is Cc1nc(NC(=O)c2cc(Cl)ccc2[N+](=O)[O-])sc1C(=O)N(C)C. The lowest BCUT2D eigenvalue weighted by Gasteiger charge is -2.07. The fourth-order valence-electron chi connectivity index (χ4n) is 1.87. The molecule has 0 fully saturated rings. The smallest absolute Gasteiger partial charge is 0.282 e. The number of nitrogens with zero attached hydrogens (tertiary/aromatic N) is 3. The van der Waals surface area contributed by atoms with Gasteiger partial charge in [0.1, 0.15) is 10.4 Å². The molecule has 2 amide bonds. The molecule has 0 saturated heterocycles. The normalized spacial score (nSPS) is 10.3. The third-order valence-electron chi connectivity index (χ3n) is 3.02. The van der Waals surface area contributed by atoms with Crippen LogP contribution in [-0.2, 0) is 0 Å². The summed E-state index contributed by atoms with van der Waals surface area (Å²) < 4.78 is 0. The molecule has 0 atom stereocenters. The maximum atomic E-state index is 12.3. The first kappa shape index (κ1) is 17.8. The highest BCUT2D eigenvalue weighted by atomic mass is 35.5. The maximum Gasteiger partial charge on any atom is 0.282 e. The lowest BCUT2D eigenvalue weighted by Crippen LogP contribution is -2.21. The Balaban J connectivity index is 2.31. The number of nitro benzene ring substituents is 1. The Kier molecular flexibility index (Phi) is 5.15. The summed E-state index contributed by atoms with van der Waals surface area (Å²) in [6.45, 7) is 1.64. The number of carbonyl (C=O) groups is 2. The van der Waals surface area contributed by atoms with Crippen LogP contribution in [0.15, 0.2) is 18.2 Å². The Morgan fingerprint density at radius 1 is 1.38 bits per heavy atom. The molecule has 0 spiro atoms. The zero-order valence-corrected chi connectivity index (χ0v) is 14.6. The summed E-state index contributed by atoms with van der Waals surface area (Å²) >= 11 is 6.81. The van der Waals surface area contributed by atoms with E-state index in [-0.39, 0.29) is 27.3 Å². The molecule has 0 aliphatic carbocycles. The Labute approximate surface area is 146 Å². The van der Waals surface area contributed by atoms with E-state index in [1.54, 1.807) is 21.0 Å². The summed E-state index contributed by atoms with van der Waals surface area (Å²) in [5, 5.41) is 13.9. The van der Waals surface area contributed by atoms with Crippen LogP contribution in [0.4, 0.5) is 10.8 Å². The van der Waals surface area contributed by atoms with E-state index in [9.17, 15) is 19.7 Å². The molecule has 0 saturated carbocycles. The molecule has 0 aliphatic heterocycles. The highest BCUT2D eigenvalue weighted by molar-refractivity contribution is 7.17. The largest absolute Gasteiger partial charge is 0.344 e. The van der Waals surface area contributed by atoms with Crippen molar-refractivity contribution in [2.45, 2.75) is 6.92 Å². The van der Waals surface area contributed by atoms with E-state index in [1.807, 2.05) is 0 Å². The average Bonchev–Trinajstić information content (AvgIpc) is 2.86. The number of nitro groups is 1. The summed E-state index contributed by atoms with van der Waals surface area (Å²) in [6, 6.07) is 3.70. The second-order valence-electron chi connectivity index (χ2n) is 5.01. The number of halogens is 1. The minimum Gasteiger partial charge on any atom is -0.344 e. The van der Waals surface area contributed by atoms with Crippen LogP contribution in [0.2, 0.25) is 5.02 Å². The molecule has 0 radical (unpaired) electrons. The van der Waals surface area contributed by atoms with Gasteiger partial charge in [0.2, 0.25) is 0 Å². The number of carbonyl (C=O) groups excluding carboxylic acids is 2. The van der Waals surface area contributed by atoms with Gasteiger partial charge in [-0.15, -0.1) is 0 Å². The Morgan fingerprint density at radius 2 is 2.04 bits per heavy atom. The number of rotatable bonds is 4. The van der Waals surface area contributed by atoms with Crippen LogP contribution in [0.3, 0.4) is 0 Å². The van der Waals surface area contributed by atoms with E-state index >= 15 is 0 Å². The first-order valence-corrected chi connectivity index (χ1v) is 7.84. The van der Waals surface area contributed by atoms with Crippen molar-refractivity contribution < 1.29 is 14.5 Å². The number of aryl methyl sites for hydroxylation is 1. The summed E-state index contributed by atoms with van der Waals surface area (Å²) in [5.74, 6) is -0.957. The lowest BCUT2D eigenvalue weighted by molar-refractivity contribution is -0.385. The van der Waals surface area contributed by atoms with Crippen LogP contribution in [0, 0.1) is 17.0 Å². The second kappa shape index (κ2) is 6.93. The molecule has 126 valence electrons. The van der Waals surface area contributed by atoms with E-state index in [2.05, 4.69) is 10.3 Å². The number of hydrogen-bond acceptors (Lipinski definition) is 6. The van der Waals surface area contributed by atoms with Gasteiger partial charge in [0.15, 0.2) is 5.13 Å². The van der Waals surface area contributed by atoms with Crippen molar-refractivity contribution in [2.75, 3.05) is 19.4 Å². The van der Waals surface area contributed by atoms with Crippen molar-refractivity contribution in [1.29, 1.82) is 0 Å². The van der Waals surface area contributed by atoms with Crippen LogP contribution in [0.25, 0.3) is 0 Å². The van der Waals surface area contributed by atoms with Gasteiger partial charge >= 0.3 is 0 Å². The van der Waals surface area contributed by atoms with E-state index in [4.69, 9.17) is 11.6 Å². The third kappa shape index (κ3) is 3.69. The lowest BCUT2D eigenvalue weighted by atomic mass is 10.1. The average molecular weight is 369 g/mol. The Hall–Kier alpha value is -2.52. The quantitative estimate of drug-likeness (QED) is 0.659. The number of amides is 2. The van der Waals surface area contributed by atoms with Gasteiger partial charge in [0.25, 0.3) is 17.5 Å². The van der Waals surface area contributed by atoms with Gasteiger partial charge in [-0.05, 0) is 19.1 Å². The zero-order chi connectivity index (χ0) is 18.0. The molecule has 1 N–H and O–H groups in total. The van der Waals surface area contributed by atoms with Gasteiger partial charge in [0, 0.05) is 25.2 Å². The zero-order valence-electron chi connectivity index (χ0n) is 13.0. The van der Waals surface area contributed by atoms with Crippen LogP contribution in [0.5, 0.6) is 0 Å². The van der Waals surface area contributed by atoms with Gasteiger partial charge in [0.05, 0.1) is 10.6 Å². The summed E-state index contributed by atoms with van der Waals surface area (Å²) in [4.78, 5) is 40.6. The molecular formula is C14H13ClN4O4S. The Morgan fingerprint density at radius 3 is 2.62 bits per heavy atom. The van der Waals surface area contributed by atoms with Crippen LogP contribution in [0.1, 0.15) is 25.7 Å². The van der Waals surface area contributed by atoms with E-state index in [0.29, 0.717) is 10.6 Å². The second-order valence-corrected chi connectivity index (χ2v) is 6.44. The van der Waals surface area contributed by atoms with Crippen molar-refractivity contribution in [3.8, 4) is 0 Å². The fourth-order valence-corrected chi connectivity index (χ4v) is 3.02. The van der Waals surface area contributed by atoms with Crippen molar-refractivity contribution in [2.24, 2.45) is 0 Å². The first-order chi connectivity index (χ1) is 11.2. The van der Waals surface area contributed by atoms with Crippen LogP contribution < -0.4 is 5.32 Å². The number of aromatic nitrogens is 1. The summed E-state index contributed by atoms with van der Waals surface area (Å²) in [6.07, 6.45) is 0. The minimum absolute atomic E-state index is 0.178. The molecule has 24 heavy (non-hydrogen) atoms. The summed E-state index contributed by atoms with van der Waals surface area (Å²) in [7, 11) is 3.21. The van der Waals surface area contributed by atoms with E-state index in [0.717, 1.165) is 17.4 Å². The van der Waals surface area contributed by atoms with Gasteiger partial charge in [-0.2, -0.15) is 0 Å². The number of hydrogen-bond donors (Lipinski definition) is 1. The molecule has 8 nitrogen and oxygen atoms in total. The van der Waals surface area contributed by atoms with Gasteiger partial charge < -0.3 is 4.90 Å². The Bertz CT molecular complexity index is 834. The molecule has 1 aromatic heterocycles. The molecule has 2 aromatic rings. The maximum absolute atomic E-state index is 12.3. The molecular weight excluding hydrogens is 356 g/mol. The van der Waals surface area contributed by atoms with Crippen molar-refractivity contribution in [1.82, 2.24) is 9.88 Å². The molecule has 2 rings (SSSR count). The van der Waals surface area contributed by atoms with E-state index in [1.165, 1.54) is 17.0 Å². The van der Waals surface area contributed by atoms with E-state index < -0.39 is 10.8 Å². The number of nitrogens with one attached hydrogen (secondary N) is 1. The first-order valence-electron chi connectivity index (χ1n) is 6.65. The molecule has 10 heteroatoms. The van der Waals surface area contributed by atoms with Crippen molar-refractivity contribution in [3.05, 3.63) is 49.5 Å². The van der Waals surface area contributed by atoms with Crippen LogP contribution in [-0.4, -0.2) is 40.7 Å². The predicted molar refractivity (Wildman–Crippen MR) is 90.9 cm³/mol. The highest BCUT2D eigenvalue weighted by Crippen LogP contribution is 2.27. The van der Waals surface area contributed by atoms with Gasteiger partial charge in [-0.3, -0.25) is 25.0 Å². The number of anilines is 1. The number of thiazole rings is 1. The molecule has 0 aliphatic rings. The van der Waals surface area contributed by atoms with Crippen LogP contribution >= 0.6 is 22.9 Å². The monoisotopic (exact) mass is 368 g/mol. The molecule has 1 aromatic carbocycles.